The third kappa shape index (κ3) is 2.13. The van der Waals surface area contributed by atoms with Crippen LogP contribution in [0.5, 0.6) is 5.75 Å². The second kappa shape index (κ2) is 5.47. The number of carbonyl (C=O) groups is 3. The number of ether oxygens (including phenoxy) is 1. The number of amides is 3. The molecule has 6 nitrogen and oxygen atoms in total. The van der Waals surface area contributed by atoms with Crippen molar-refractivity contribution < 1.29 is 19.1 Å². The number of rotatable bonds is 4. The van der Waals surface area contributed by atoms with E-state index < -0.39 is 5.91 Å². The highest BCUT2D eigenvalue weighted by Gasteiger charge is 2.59. The average Bonchev–Trinajstić information content (AvgIpc) is 3.26. The minimum absolute atomic E-state index is 0.129. The first kappa shape index (κ1) is 14.9. The predicted molar refractivity (Wildman–Crippen MR) is 84.6 cm³/mol. The largest absolute Gasteiger partial charge is 0.494 e. The summed E-state index contributed by atoms with van der Waals surface area (Å²) in [7, 11) is 0. The van der Waals surface area contributed by atoms with Gasteiger partial charge < -0.3 is 4.74 Å². The maximum Gasteiger partial charge on any atom is 0.270 e. The summed E-state index contributed by atoms with van der Waals surface area (Å²) in [4.78, 5) is 37.4. The van der Waals surface area contributed by atoms with Crippen LogP contribution >= 0.6 is 0 Å². The SMILES string of the molecule is CCOc1ccc(C(=O)NN2C(=O)[C@@H]3[C@@H](C2=O)[C@H]2C=C[C@H]3C2)cc1. The molecule has 24 heavy (non-hydrogen) atoms. The highest BCUT2D eigenvalue weighted by Crippen LogP contribution is 2.52. The van der Waals surface area contributed by atoms with Crippen molar-refractivity contribution >= 4 is 17.7 Å². The number of allylic oxidation sites excluding steroid dienone is 2. The zero-order chi connectivity index (χ0) is 16.8. The van der Waals surface area contributed by atoms with Crippen LogP contribution in [0, 0.1) is 23.7 Å². The monoisotopic (exact) mass is 326 g/mol. The Bertz CT molecular complexity index is 710. The highest BCUT2D eigenvalue weighted by atomic mass is 16.5. The molecule has 4 atom stereocenters. The Morgan fingerprint density at radius 1 is 1.12 bits per heavy atom. The summed E-state index contributed by atoms with van der Waals surface area (Å²) in [6.45, 7) is 2.42. The molecule has 0 radical (unpaired) electrons. The highest BCUT2D eigenvalue weighted by molar-refractivity contribution is 6.08. The van der Waals surface area contributed by atoms with Gasteiger partial charge in [-0.3, -0.25) is 19.8 Å². The minimum atomic E-state index is -0.472. The number of imide groups is 1. The van der Waals surface area contributed by atoms with Crippen LogP contribution in [0.15, 0.2) is 36.4 Å². The van der Waals surface area contributed by atoms with Crippen LogP contribution in [0.1, 0.15) is 23.7 Å². The molecule has 1 aromatic rings. The van der Waals surface area contributed by atoms with E-state index in [0.717, 1.165) is 11.4 Å². The summed E-state index contributed by atoms with van der Waals surface area (Å²) in [5.74, 6) is -0.754. The van der Waals surface area contributed by atoms with Gasteiger partial charge in [-0.25, -0.2) is 0 Å². The van der Waals surface area contributed by atoms with Crippen molar-refractivity contribution in [1.82, 2.24) is 10.4 Å². The van der Waals surface area contributed by atoms with Crippen molar-refractivity contribution in [1.29, 1.82) is 0 Å². The lowest BCUT2D eigenvalue weighted by Gasteiger charge is -2.18. The molecule has 1 saturated heterocycles. The average molecular weight is 326 g/mol. The van der Waals surface area contributed by atoms with E-state index >= 15 is 0 Å². The molecule has 4 rings (SSSR count). The first-order chi connectivity index (χ1) is 11.6. The molecule has 1 N–H and O–H groups in total. The van der Waals surface area contributed by atoms with Crippen LogP contribution in [-0.2, 0) is 9.59 Å². The summed E-state index contributed by atoms with van der Waals surface area (Å²) in [6.07, 6.45) is 4.91. The number of fused-ring (bicyclic) bond motifs is 5. The lowest BCUT2D eigenvalue weighted by molar-refractivity contribution is -0.143. The van der Waals surface area contributed by atoms with Crippen molar-refractivity contribution in [2.45, 2.75) is 13.3 Å². The number of hydrazine groups is 1. The zero-order valence-electron chi connectivity index (χ0n) is 13.3. The Labute approximate surface area is 139 Å². The molecule has 3 amide bonds. The van der Waals surface area contributed by atoms with Crippen LogP contribution < -0.4 is 10.2 Å². The lowest BCUT2D eigenvalue weighted by Crippen LogP contribution is -2.47. The number of nitrogens with zero attached hydrogens (tertiary/aromatic N) is 1. The molecule has 0 spiro atoms. The van der Waals surface area contributed by atoms with Crippen LogP contribution in [-0.4, -0.2) is 29.3 Å². The van der Waals surface area contributed by atoms with E-state index in [1.165, 1.54) is 0 Å². The molecular formula is C18H18N2O4. The van der Waals surface area contributed by atoms with Gasteiger partial charge in [0, 0.05) is 5.56 Å². The van der Waals surface area contributed by atoms with Gasteiger partial charge in [0.1, 0.15) is 5.75 Å². The minimum Gasteiger partial charge on any atom is -0.494 e. The van der Waals surface area contributed by atoms with E-state index in [-0.39, 0.29) is 35.5 Å². The maximum atomic E-state index is 12.5. The summed E-state index contributed by atoms with van der Waals surface area (Å²) < 4.78 is 5.33. The molecule has 1 heterocycles. The number of hydrogen-bond acceptors (Lipinski definition) is 4. The van der Waals surface area contributed by atoms with Gasteiger partial charge >= 0.3 is 0 Å². The molecule has 6 heteroatoms. The Morgan fingerprint density at radius 3 is 2.25 bits per heavy atom. The summed E-state index contributed by atoms with van der Waals surface area (Å²) in [6, 6.07) is 6.59. The summed E-state index contributed by atoms with van der Waals surface area (Å²) in [5, 5.41) is 0.917. The van der Waals surface area contributed by atoms with Gasteiger partial charge in [0.05, 0.1) is 18.4 Å². The summed E-state index contributed by atoms with van der Waals surface area (Å²) in [5.41, 5.74) is 2.84. The molecule has 0 aromatic heterocycles. The van der Waals surface area contributed by atoms with Gasteiger partial charge in [0.2, 0.25) is 0 Å². The maximum absolute atomic E-state index is 12.5. The molecule has 1 saturated carbocycles. The normalized spacial score (nSPS) is 30.0. The van der Waals surface area contributed by atoms with E-state index in [0.29, 0.717) is 17.9 Å². The molecule has 2 fully saturated rings. The summed E-state index contributed by atoms with van der Waals surface area (Å²) >= 11 is 0. The quantitative estimate of drug-likeness (QED) is 0.673. The number of hydrogen-bond donors (Lipinski definition) is 1. The van der Waals surface area contributed by atoms with Crippen molar-refractivity contribution in [3.8, 4) is 5.75 Å². The second-order valence-electron chi connectivity index (χ2n) is 6.41. The predicted octanol–water partition coefficient (Wildman–Crippen LogP) is 1.54. The van der Waals surface area contributed by atoms with Gasteiger partial charge in [-0.2, -0.15) is 5.01 Å². The first-order valence-corrected chi connectivity index (χ1v) is 8.20. The van der Waals surface area contributed by atoms with E-state index in [1.54, 1.807) is 24.3 Å². The Hall–Kier alpha value is -2.63. The number of carbonyl (C=O) groups excluding carboxylic acids is 3. The van der Waals surface area contributed by atoms with Crippen LogP contribution in [0.2, 0.25) is 0 Å². The van der Waals surface area contributed by atoms with Gasteiger partial charge in [0.15, 0.2) is 0 Å². The Balaban J connectivity index is 1.48. The number of nitrogens with one attached hydrogen (secondary N) is 1. The second-order valence-corrected chi connectivity index (χ2v) is 6.41. The molecule has 124 valence electrons. The van der Waals surface area contributed by atoms with Gasteiger partial charge in [-0.05, 0) is 49.4 Å². The van der Waals surface area contributed by atoms with E-state index in [1.807, 2.05) is 19.1 Å². The molecular weight excluding hydrogens is 308 g/mol. The molecule has 3 aliphatic rings. The van der Waals surface area contributed by atoms with Crippen molar-refractivity contribution in [2.75, 3.05) is 6.61 Å². The van der Waals surface area contributed by atoms with E-state index in [9.17, 15) is 14.4 Å². The van der Waals surface area contributed by atoms with Gasteiger partial charge in [0.25, 0.3) is 17.7 Å². The molecule has 2 bridgehead atoms. The zero-order valence-corrected chi connectivity index (χ0v) is 13.3. The van der Waals surface area contributed by atoms with Crippen LogP contribution in [0.3, 0.4) is 0 Å². The molecule has 1 aromatic carbocycles. The van der Waals surface area contributed by atoms with E-state index in [2.05, 4.69) is 5.43 Å². The fourth-order valence-corrected chi connectivity index (χ4v) is 4.05. The van der Waals surface area contributed by atoms with Gasteiger partial charge in [-0.1, -0.05) is 12.2 Å². The first-order valence-electron chi connectivity index (χ1n) is 8.20. The molecule has 0 unspecified atom stereocenters. The molecule has 1 aliphatic heterocycles. The lowest BCUT2D eigenvalue weighted by atomic mass is 9.85. The topological polar surface area (TPSA) is 75.7 Å². The smallest absolute Gasteiger partial charge is 0.270 e. The Morgan fingerprint density at radius 2 is 1.71 bits per heavy atom. The number of benzene rings is 1. The third-order valence-electron chi connectivity index (χ3n) is 5.11. The Kier molecular flexibility index (Phi) is 3.40. The fourth-order valence-electron chi connectivity index (χ4n) is 4.05. The van der Waals surface area contributed by atoms with Crippen LogP contribution in [0.25, 0.3) is 0 Å². The van der Waals surface area contributed by atoms with Crippen LogP contribution in [0.4, 0.5) is 0 Å². The van der Waals surface area contributed by atoms with E-state index in [4.69, 9.17) is 4.74 Å². The molecule has 2 aliphatic carbocycles. The van der Waals surface area contributed by atoms with Crippen molar-refractivity contribution in [3.63, 3.8) is 0 Å². The third-order valence-corrected chi connectivity index (χ3v) is 5.11. The van der Waals surface area contributed by atoms with Gasteiger partial charge in [-0.15, -0.1) is 0 Å². The fraction of sp³-hybridized carbons (Fsp3) is 0.389. The van der Waals surface area contributed by atoms with Crippen molar-refractivity contribution in [2.24, 2.45) is 23.7 Å². The van der Waals surface area contributed by atoms with Crippen molar-refractivity contribution in [3.05, 3.63) is 42.0 Å². The standard InChI is InChI=1S/C18H18N2O4/c1-2-24-13-7-5-10(6-8-13)16(21)19-20-17(22)14-11-3-4-12(9-11)15(14)18(20)23/h3-8,11-12,14-15H,2,9H2,1H3,(H,19,21)/t11-,12-,14-,15-/m0/s1.